The highest BCUT2D eigenvalue weighted by Gasteiger charge is 2.35. The molecule has 10 heteroatoms. The van der Waals surface area contributed by atoms with Crippen molar-refractivity contribution in [2.75, 3.05) is 31.6 Å². The van der Waals surface area contributed by atoms with Crippen molar-refractivity contribution in [3.63, 3.8) is 0 Å². The molecule has 2 aliphatic rings. The van der Waals surface area contributed by atoms with E-state index in [2.05, 4.69) is 32.0 Å². The first kappa shape index (κ1) is 27.9. The van der Waals surface area contributed by atoms with Gasteiger partial charge in [-0.1, -0.05) is 6.42 Å². The summed E-state index contributed by atoms with van der Waals surface area (Å²) < 4.78 is 13.1. The first-order valence-corrected chi connectivity index (χ1v) is 14.3. The van der Waals surface area contributed by atoms with Crippen molar-refractivity contribution in [3.8, 4) is 17.0 Å². The standard InChI is InChI=1S/C30H41N7O3/c1-21(36-19-27(32-20-36)23-14-25(39-5)16-31-15-23)26-11-12-28(34-33-26)35-13-7-10-24(18-35)37(17-22-8-6-9-22)29(38)40-30(2,3)4/h11-12,14-16,19-22,24H,6-10,13,17-18H2,1-5H3/t21?,24-/m1/s1. The lowest BCUT2D eigenvalue weighted by Crippen LogP contribution is -2.53. The maximum absolute atomic E-state index is 13.2. The molecule has 1 saturated carbocycles. The zero-order valence-electron chi connectivity index (χ0n) is 24.3. The third kappa shape index (κ3) is 6.54. The molecule has 10 nitrogen and oxygen atoms in total. The molecule has 1 unspecified atom stereocenters. The van der Waals surface area contributed by atoms with E-state index in [4.69, 9.17) is 9.47 Å². The Morgan fingerprint density at radius 2 is 1.98 bits per heavy atom. The molecule has 2 fully saturated rings. The molecular formula is C30H41N7O3. The van der Waals surface area contributed by atoms with Gasteiger partial charge in [0.15, 0.2) is 5.82 Å². The number of rotatable bonds is 8. The van der Waals surface area contributed by atoms with Crippen LogP contribution in [0.4, 0.5) is 10.6 Å². The lowest BCUT2D eigenvalue weighted by molar-refractivity contribution is 0.00733. The molecule has 1 aliphatic heterocycles. The molecule has 1 aliphatic carbocycles. The van der Waals surface area contributed by atoms with Crippen molar-refractivity contribution in [2.45, 2.75) is 77.5 Å². The van der Waals surface area contributed by atoms with E-state index in [1.807, 2.05) is 54.6 Å². The predicted molar refractivity (Wildman–Crippen MR) is 153 cm³/mol. The number of methoxy groups -OCH3 is 1. The van der Waals surface area contributed by atoms with Crippen LogP contribution in [0, 0.1) is 5.92 Å². The first-order chi connectivity index (χ1) is 19.2. The molecule has 40 heavy (non-hydrogen) atoms. The Morgan fingerprint density at radius 3 is 2.65 bits per heavy atom. The summed E-state index contributed by atoms with van der Waals surface area (Å²) in [7, 11) is 1.63. The largest absolute Gasteiger partial charge is 0.495 e. The topological polar surface area (TPSA) is 98.5 Å². The van der Waals surface area contributed by atoms with Crippen molar-refractivity contribution in [1.82, 2.24) is 29.6 Å². The lowest BCUT2D eigenvalue weighted by Gasteiger charge is -2.42. The Balaban J connectivity index is 1.26. The van der Waals surface area contributed by atoms with Gasteiger partial charge in [-0.15, -0.1) is 5.10 Å². The summed E-state index contributed by atoms with van der Waals surface area (Å²) in [6, 6.07) is 6.04. The number of carbonyl (C=O) groups is 1. The second kappa shape index (κ2) is 11.8. The highest BCUT2D eigenvalue weighted by atomic mass is 16.6. The van der Waals surface area contributed by atoms with Gasteiger partial charge in [0.1, 0.15) is 11.4 Å². The predicted octanol–water partition coefficient (Wildman–Crippen LogP) is 5.36. The van der Waals surface area contributed by atoms with Gasteiger partial charge in [0, 0.05) is 37.6 Å². The molecular weight excluding hydrogens is 506 g/mol. The SMILES string of the molecule is COc1cncc(-c2cn(C(C)c3ccc(N4CCC[C@@H](N(CC5CCC5)C(=O)OC(C)(C)C)C4)nn3)cn2)c1. The molecule has 214 valence electrons. The third-order valence-corrected chi connectivity index (χ3v) is 7.86. The van der Waals surface area contributed by atoms with Gasteiger partial charge < -0.3 is 23.8 Å². The summed E-state index contributed by atoms with van der Waals surface area (Å²) in [5, 5.41) is 9.19. The van der Waals surface area contributed by atoms with Gasteiger partial charge in [0.05, 0.1) is 43.1 Å². The van der Waals surface area contributed by atoms with Crippen LogP contribution in [0.25, 0.3) is 11.3 Å². The number of anilines is 1. The van der Waals surface area contributed by atoms with E-state index in [0.717, 1.165) is 55.2 Å². The van der Waals surface area contributed by atoms with Crippen molar-refractivity contribution < 1.29 is 14.3 Å². The first-order valence-electron chi connectivity index (χ1n) is 14.3. The Kier molecular flexibility index (Phi) is 8.23. The lowest BCUT2D eigenvalue weighted by atomic mass is 9.84. The van der Waals surface area contributed by atoms with Crippen LogP contribution in [-0.2, 0) is 4.74 Å². The average Bonchev–Trinajstić information content (AvgIpc) is 3.42. The molecule has 5 rings (SSSR count). The van der Waals surface area contributed by atoms with Crippen LogP contribution in [-0.4, -0.2) is 74.1 Å². The summed E-state index contributed by atoms with van der Waals surface area (Å²) in [5.74, 6) is 2.10. The van der Waals surface area contributed by atoms with Gasteiger partial charge >= 0.3 is 6.09 Å². The zero-order chi connectivity index (χ0) is 28.3. The number of piperidine rings is 1. The fourth-order valence-electron chi connectivity index (χ4n) is 5.31. The number of amides is 1. The van der Waals surface area contributed by atoms with Gasteiger partial charge in [-0.05, 0) is 77.5 Å². The van der Waals surface area contributed by atoms with Crippen LogP contribution in [0.1, 0.15) is 71.5 Å². The second-order valence-electron chi connectivity index (χ2n) is 12.0. The van der Waals surface area contributed by atoms with E-state index in [1.54, 1.807) is 25.8 Å². The van der Waals surface area contributed by atoms with Crippen LogP contribution in [0.5, 0.6) is 5.75 Å². The van der Waals surface area contributed by atoms with Crippen molar-refractivity contribution >= 4 is 11.9 Å². The summed E-state index contributed by atoms with van der Waals surface area (Å²) >= 11 is 0. The average molecular weight is 548 g/mol. The third-order valence-electron chi connectivity index (χ3n) is 7.86. The molecule has 1 saturated heterocycles. The highest BCUT2D eigenvalue weighted by molar-refractivity contribution is 5.69. The van der Waals surface area contributed by atoms with E-state index in [0.29, 0.717) is 11.7 Å². The minimum absolute atomic E-state index is 0.0411. The van der Waals surface area contributed by atoms with E-state index in [-0.39, 0.29) is 18.2 Å². The van der Waals surface area contributed by atoms with E-state index >= 15 is 0 Å². The minimum Gasteiger partial charge on any atom is -0.495 e. The van der Waals surface area contributed by atoms with Crippen LogP contribution in [0.2, 0.25) is 0 Å². The molecule has 0 aromatic carbocycles. The number of hydrogen-bond donors (Lipinski definition) is 0. The Morgan fingerprint density at radius 1 is 1.15 bits per heavy atom. The summed E-state index contributed by atoms with van der Waals surface area (Å²) in [5.41, 5.74) is 2.05. The van der Waals surface area contributed by atoms with Crippen molar-refractivity contribution in [1.29, 1.82) is 0 Å². The molecule has 1 amide bonds. The molecule has 4 heterocycles. The fourth-order valence-corrected chi connectivity index (χ4v) is 5.31. The monoisotopic (exact) mass is 547 g/mol. The van der Waals surface area contributed by atoms with Crippen LogP contribution in [0.3, 0.4) is 0 Å². The number of ether oxygens (including phenoxy) is 2. The minimum atomic E-state index is -0.512. The normalized spacial score (nSPS) is 18.6. The number of carbonyl (C=O) groups excluding carboxylic acids is 1. The van der Waals surface area contributed by atoms with Gasteiger partial charge in [0.25, 0.3) is 0 Å². The molecule has 3 aromatic rings. The van der Waals surface area contributed by atoms with Gasteiger partial charge in [-0.25, -0.2) is 9.78 Å². The van der Waals surface area contributed by atoms with Crippen molar-refractivity contribution in [2.24, 2.45) is 5.92 Å². The smallest absolute Gasteiger partial charge is 0.410 e. The maximum Gasteiger partial charge on any atom is 0.410 e. The molecule has 3 aromatic heterocycles. The van der Waals surface area contributed by atoms with Crippen molar-refractivity contribution in [3.05, 3.63) is 48.8 Å². The van der Waals surface area contributed by atoms with Gasteiger partial charge in [0.2, 0.25) is 0 Å². The number of hydrogen-bond acceptors (Lipinski definition) is 8. The Labute approximate surface area is 236 Å². The van der Waals surface area contributed by atoms with Gasteiger partial charge in [-0.3, -0.25) is 4.98 Å². The quantitative estimate of drug-likeness (QED) is 0.372. The number of pyridine rings is 1. The molecule has 0 N–H and O–H groups in total. The van der Waals surface area contributed by atoms with E-state index < -0.39 is 5.60 Å². The number of aromatic nitrogens is 5. The Hall–Kier alpha value is -3.69. The highest BCUT2D eigenvalue weighted by Crippen LogP contribution is 2.31. The van der Waals surface area contributed by atoms with E-state index in [9.17, 15) is 4.79 Å². The van der Waals surface area contributed by atoms with E-state index in [1.165, 1.54) is 19.3 Å². The maximum atomic E-state index is 13.2. The molecule has 0 spiro atoms. The summed E-state index contributed by atoms with van der Waals surface area (Å²) in [4.78, 5) is 26.2. The Bertz CT molecular complexity index is 1280. The fraction of sp³-hybridized carbons (Fsp3) is 0.567. The van der Waals surface area contributed by atoms with Gasteiger partial charge in [-0.2, -0.15) is 5.10 Å². The summed E-state index contributed by atoms with van der Waals surface area (Å²) in [6.07, 6.45) is 12.6. The molecule has 0 bridgehead atoms. The number of nitrogens with zero attached hydrogens (tertiary/aromatic N) is 7. The van der Waals surface area contributed by atoms with Crippen LogP contribution in [0.15, 0.2) is 43.1 Å². The molecule has 0 radical (unpaired) electrons. The zero-order valence-corrected chi connectivity index (χ0v) is 24.3. The van der Waals surface area contributed by atoms with Crippen LogP contribution >= 0.6 is 0 Å². The number of imidazole rings is 1. The second-order valence-corrected chi connectivity index (χ2v) is 12.0. The molecule has 2 atom stereocenters. The van der Waals surface area contributed by atoms with Crippen LogP contribution < -0.4 is 9.64 Å². The summed E-state index contributed by atoms with van der Waals surface area (Å²) in [6.45, 7) is 10.3.